The Balaban J connectivity index is 2.83. The van der Waals surface area contributed by atoms with E-state index in [2.05, 4.69) is 15.7 Å². The molecular formula is C12H19N5O2. The van der Waals surface area contributed by atoms with Crippen LogP contribution in [-0.4, -0.2) is 22.8 Å². The molecule has 1 heterocycles. The van der Waals surface area contributed by atoms with Crippen molar-refractivity contribution >= 4 is 17.6 Å². The smallest absolute Gasteiger partial charge is 0.251 e. The van der Waals surface area contributed by atoms with Gasteiger partial charge in [-0.3, -0.25) is 9.59 Å². The molecule has 0 aliphatic rings. The van der Waals surface area contributed by atoms with E-state index in [0.29, 0.717) is 17.8 Å². The molecule has 104 valence electrons. The first kappa shape index (κ1) is 14.9. The van der Waals surface area contributed by atoms with Crippen molar-refractivity contribution in [2.24, 2.45) is 11.6 Å². The van der Waals surface area contributed by atoms with Gasteiger partial charge in [0, 0.05) is 23.7 Å². The number of rotatable bonds is 6. The highest BCUT2D eigenvalue weighted by Crippen LogP contribution is 2.10. The lowest BCUT2D eigenvalue weighted by atomic mass is 10.1. The summed E-state index contributed by atoms with van der Waals surface area (Å²) in [6.45, 7) is 3.65. The average Bonchev–Trinajstić information content (AvgIpc) is 2.36. The van der Waals surface area contributed by atoms with E-state index >= 15 is 0 Å². The molecule has 0 aliphatic carbocycles. The van der Waals surface area contributed by atoms with Crippen molar-refractivity contribution in [2.75, 3.05) is 5.43 Å². The first-order chi connectivity index (χ1) is 8.96. The number of nitrogen functional groups attached to an aromatic ring is 1. The van der Waals surface area contributed by atoms with Crippen molar-refractivity contribution < 1.29 is 9.59 Å². The van der Waals surface area contributed by atoms with E-state index in [9.17, 15) is 9.59 Å². The number of carbonyl (C=O) groups excluding carboxylic acids is 2. The van der Waals surface area contributed by atoms with Gasteiger partial charge in [0.1, 0.15) is 5.82 Å². The summed E-state index contributed by atoms with van der Waals surface area (Å²) in [6, 6.07) is 2.91. The van der Waals surface area contributed by atoms with Gasteiger partial charge in [-0.05, 0) is 25.5 Å². The lowest BCUT2D eigenvalue weighted by Gasteiger charge is -2.13. The maximum Gasteiger partial charge on any atom is 0.251 e. The number of amides is 2. The second-order valence-corrected chi connectivity index (χ2v) is 4.28. The van der Waals surface area contributed by atoms with Crippen LogP contribution >= 0.6 is 0 Å². The number of hydrogen-bond acceptors (Lipinski definition) is 5. The fourth-order valence-corrected chi connectivity index (χ4v) is 1.63. The second-order valence-electron chi connectivity index (χ2n) is 4.28. The van der Waals surface area contributed by atoms with Crippen LogP contribution in [-0.2, 0) is 11.2 Å². The van der Waals surface area contributed by atoms with Crippen LogP contribution in [0, 0.1) is 0 Å². The minimum absolute atomic E-state index is 0.0967. The quantitative estimate of drug-likeness (QED) is 0.423. The molecule has 6 N–H and O–H groups in total. The number of pyridine rings is 1. The highest BCUT2D eigenvalue weighted by molar-refractivity contribution is 5.95. The van der Waals surface area contributed by atoms with Crippen LogP contribution < -0.4 is 22.3 Å². The number of hydrogen-bond donors (Lipinski definition) is 4. The maximum atomic E-state index is 12.0. The van der Waals surface area contributed by atoms with Gasteiger partial charge in [0.25, 0.3) is 5.91 Å². The molecule has 0 spiro atoms. The Morgan fingerprint density at radius 1 is 1.42 bits per heavy atom. The van der Waals surface area contributed by atoms with Crippen molar-refractivity contribution in [1.82, 2.24) is 10.3 Å². The zero-order valence-electron chi connectivity index (χ0n) is 11.1. The molecule has 7 heteroatoms. The van der Waals surface area contributed by atoms with Crippen LogP contribution in [0.15, 0.2) is 12.1 Å². The number of nitrogens with one attached hydrogen (secondary N) is 2. The summed E-state index contributed by atoms with van der Waals surface area (Å²) in [5.74, 6) is 4.98. The first-order valence-electron chi connectivity index (χ1n) is 6.03. The molecule has 0 saturated heterocycles. The van der Waals surface area contributed by atoms with Crippen LogP contribution in [0.1, 0.15) is 36.3 Å². The molecule has 0 bridgehead atoms. The first-order valence-corrected chi connectivity index (χ1v) is 6.03. The standard InChI is InChI=1S/C12H19N5O2/c1-3-9-5-8(6-11(16-9)17-14)12(19)15-7(2)4-10(13)18/h5-7H,3-4,14H2,1-2H3,(H2,13,18)(H,15,19)(H,16,17). The molecule has 19 heavy (non-hydrogen) atoms. The minimum Gasteiger partial charge on any atom is -0.370 e. The predicted octanol–water partition coefficient (Wildman–Crippen LogP) is -0.0767. The Morgan fingerprint density at radius 2 is 2.11 bits per heavy atom. The number of hydrazine groups is 1. The van der Waals surface area contributed by atoms with E-state index in [4.69, 9.17) is 11.6 Å². The number of primary amides is 1. The summed E-state index contributed by atoms with van der Waals surface area (Å²) in [5, 5.41) is 2.69. The second kappa shape index (κ2) is 6.69. The third-order valence-corrected chi connectivity index (χ3v) is 2.54. The van der Waals surface area contributed by atoms with Gasteiger partial charge in [-0.15, -0.1) is 0 Å². The van der Waals surface area contributed by atoms with Crippen LogP contribution in [0.25, 0.3) is 0 Å². The Kier molecular flexibility index (Phi) is 5.25. The summed E-state index contributed by atoms with van der Waals surface area (Å²) in [7, 11) is 0. The molecule has 7 nitrogen and oxygen atoms in total. The number of nitrogens with zero attached hydrogens (tertiary/aromatic N) is 1. The predicted molar refractivity (Wildman–Crippen MR) is 72.2 cm³/mol. The number of carbonyl (C=O) groups is 2. The van der Waals surface area contributed by atoms with Crippen molar-refractivity contribution in [3.63, 3.8) is 0 Å². The Hall–Kier alpha value is -2.15. The van der Waals surface area contributed by atoms with Crippen molar-refractivity contribution in [3.8, 4) is 0 Å². The SMILES string of the molecule is CCc1cc(C(=O)NC(C)CC(N)=O)cc(NN)n1. The van der Waals surface area contributed by atoms with E-state index in [1.165, 1.54) is 0 Å². The lowest BCUT2D eigenvalue weighted by Crippen LogP contribution is -2.35. The Labute approximate surface area is 111 Å². The lowest BCUT2D eigenvalue weighted by molar-refractivity contribution is -0.118. The molecule has 0 aliphatic heterocycles. The summed E-state index contributed by atoms with van der Waals surface area (Å²) in [4.78, 5) is 27.0. The molecule has 0 fully saturated rings. The monoisotopic (exact) mass is 265 g/mol. The van der Waals surface area contributed by atoms with E-state index in [1.807, 2.05) is 6.92 Å². The van der Waals surface area contributed by atoms with Crippen molar-refractivity contribution in [2.45, 2.75) is 32.7 Å². The molecule has 1 aromatic rings. The largest absolute Gasteiger partial charge is 0.370 e. The molecule has 0 aromatic carbocycles. The Morgan fingerprint density at radius 3 is 2.63 bits per heavy atom. The van der Waals surface area contributed by atoms with Gasteiger partial charge in [0.2, 0.25) is 5.91 Å². The van der Waals surface area contributed by atoms with E-state index < -0.39 is 5.91 Å². The van der Waals surface area contributed by atoms with E-state index in [-0.39, 0.29) is 18.4 Å². The molecule has 2 amide bonds. The van der Waals surface area contributed by atoms with Crippen LogP contribution in [0.5, 0.6) is 0 Å². The molecule has 0 saturated carbocycles. The van der Waals surface area contributed by atoms with Gasteiger partial charge >= 0.3 is 0 Å². The fraction of sp³-hybridized carbons (Fsp3) is 0.417. The number of aryl methyl sites for hydroxylation is 1. The molecule has 1 atom stereocenters. The van der Waals surface area contributed by atoms with Gasteiger partial charge in [0.05, 0.1) is 0 Å². The summed E-state index contributed by atoms with van der Waals surface area (Å²) >= 11 is 0. The fourth-order valence-electron chi connectivity index (χ4n) is 1.63. The third-order valence-electron chi connectivity index (χ3n) is 2.54. The highest BCUT2D eigenvalue weighted by Gasteiger charge is 2.13. The third kappa shape index (κ3) is 4.55. The Bertz CT molecular complexity index is 453. The van der Waals surface area contributed by atoms with Crippen molar-refractivity contribution in [3.05, 3.63) is 23.4 Å². The van der Waals surface area contributed by atoms with E-state index in [0.717, 1.165) is 5.69 Å². The normalized spacial score (nSPS) is 11.7. The molecular weight excluding hydrogens is 246 g/mol. The number of nitrogens with two attached hydrogens (primary N) is 2. The van der Waals surface area contributed by atoms with Gasteiger partial charge in [-0.1, -0.05) is 6.92 Å². The van der Waals surface area contributed by atoms with Crippen LogP contribution in [0.2, 0.25) is 0 Å². The summed E-state index contributed by atoms with van der Waals surface area (Å²) in [6.07, 6.45) is 0.784. The minimum atomic E-state index is -0.457. The summed E-state index contributed by atoms with van der Waals surface area (Å²) < 4.78 is 0. The van der Waals surface area contributed by atoms with E-state index in [1.54, 1.807) is 19.1 Å². The maximum absolute atomic E-state index is 12.0. The van der Waals surface area contributed by atoms with Gasteiger partial charge in [-0.2, -0.15) is 0 Å². The van der Waals surface area contributed by atoms with Gasteiger partial charge in [0.15, 0.2) is 0 Å². The van der Waals surface area contributed by atoms with Crippen LogP contribution in [0.4, 0.5) is 5.82 Å². The molecule has 0 radical (unpaired) electrons. The highest BCUT2D eigenvalue weighted by atomic mass is 16.2. The number of anilines is 1. The van der Waals surface area contributed by atoms with Crippen LogP contribution in [0.3, 0.4) is 0 Å². The topological polar surface area (TPSA) is 123 Å². The number of aromatic nitrogens is 1. The van der Waals surface area contributed by atoms with Gasteiger partial charge < -0.3 is 16.5 Å². The summed E-state index contributed by atoms with van der Waals surface area (Å²) in [5.41, 5.74) is 8.68. The zero-order valence-corrected chi connectivity index (χ0v) is 11.1. The molecule has 1 unspecified atom stereocenters. The average molecular weight is 265 g/mol. The van der Waals surface area contributed by atoms with Gasteiger partial charge in [-0.25, -0.2) is 10.8 Å². The zero-order chi connectivity index (χ0) is 14.4. The molecule has 1 rings (SSSR count). The van der Waals surface area contributed by atoms with Crippen molar-refractivity contribution in [1.29, 1.82) is 0 Å². The molecule has 1 aromatic heterocycles.